The van der Waals surface area contributed by atoms with Gasteiger partial charge in [0.2, 0.25) is 11.0 Å². The summed E-state index contributed by atoms with van der Waals surface area (Å²) in [6, 6.07) is -0.231. The summed E-state index contributed by atoms with van der Waals surface area (Å²) in [7, 11) is 0. The molecule has 1 saturated heterocycles. The van der Waals surface area contributed by atoms with E-state index in [4.69, 9.17) is 0 Å². The number of hydrogen-bond acceptors (Lipinski definition) is 3. The van der Waals surface area contributed by atoms with Crippen LogP contribution in [0, 0.1) is 0 Å². The molecule has 1 N–H and O–H groups in total. The highest BCUT2D eigenvalue weighted by Crippen LogP contribution is 2.19. The molecular weight excluding hydrogens is 342 g/mol. The first-order chi connectivity index (χ1) is 12.7. The first kappa shape index (κ1) is 23.0. The third-order valence-corrected chi connectivity index (χ3v) is 5.63. The van der Waals surface area contributed by atoms with Crippen molar-refractivity contribution in [2.24, 2.45) is 0 Å². The number of carbonyl (C=O) groups excluding carboxylic acids is 2. The highest BCUT2D eigenvalue weighted by atomic mass is 32.2. The molecule has 3 nitrogen and oxygen atoms in total. The van der Waals surface area contributed by atoms with Gasteiger partial charge in [-0.3, -0.25) is 9.59 Å². The van der Waals surface area contributed by atoms with Crippen LogP contribution in [-0.4, -0.2) is 22.8 Å². The molecule has 1 fully saturated rings. The van der Waals surface area contributed by atoms with Gasteiger partial charge in [0, 0.05) is 12.2 Å². The predicted molar refractivity (Wildman–Crippen MR) is 113 cm³/mol. The summed E-state index contributed by atoms with van der Waals surface area (Å²) >= 11 is 1.33. The van der Waals surface area contributed by atoms with Crippen LogP contribution in [-0.2, 0) is 9.59 Å². The zero-order valence-corrected chi connectivity index (χ0v) is 17.3. The number of amides is 1. The van der Waals surface area contributed by atoms with E-state index < -0.39 is 0 Å². The molecule has 1 amide bonds. The van der Waals surface area contributed by atoms with E-state index in [9.17, 15) is 9.59 Å². The predicted octanol–water partition coefficient (Wildman–Crippen LogP) is 5.95. The second kappa shape index (κ2) is 16.2. The van der Waals surface area contributed by atoms with Crippen molar-refractivity contribution in [1.29, 1.82) is 0 Å². The summed E-state index contributed by atoms with van der Waals surface area (Å²) in [4.78, 5) is 23.3. The lowest BCUT2D eigenvalue weighted by atomic mass is 10.1. The van der Waals surface area contributed by atoms with Crippen LogP contribution >= 0.6 is 11.8 Å². The SMILES string of the molecule is CCCCC/C=C\C/C=C/CCCCCCCC(=O)N[C@@H]1CCSC1=O. The van der Waals surface area contributed by atoms with Crippen LogP contribution in [0.15, 0.2) is 24.3 Å². The molecule has 1 aliphatic rings. The molecule has 0 aromatic rings. The maximum absolute atomic E-state index is 11.8. The van der Waals surface area contributed by atoms with Gasteiger partial charge >= 0.3 is 0 Å². The molecule has 26 heavy (non-hydrogen) atoms. The van der Waals surface area contributed by atoms with Crippen molar-refractivity contribution >= 4 is 22.8 Å². The van der Waals surface area contributed by atoms with Crippen molar-refractivity contribution < 1.29 is 9.59 Å². The largest absolute Gasteiger partial charge is 0.345 e. The second-order valence-corrected chi connectivity index (χ2v) is 8.16. The summed E-state index contributed by atoms with van der Waals surface area (Å²) in [6.07, 6.45) is 23.5. The molecular formula is C22H37NO2S. The average Bonchev–Trinajstić information content (AvgIpc) is 3.03. The van der Waals surface area contributed by atoms with Gasteiger partial charge in [-0.25, -0.2) is 0 Å². The summed E-state index contributed by atoms with van der Waals surface area (Å²) in [5.41, 5.74) is 0. The highest BCUT2D eigenvalue weighted by Gasteiger charge is 2.26. The molecule has 148 valence electrons. The van der Waals surface area contributed by atoms with Gasteiger partial charge in [-0.2, -0.15) is 0 Å². The number of hydrogen-bond donors (Lipinski definition) is 1. The minimum atomic E-state index is -0.231. The third kappa shape index (κ3) is 12.3. The Balaban J connectivity index is 1.85. The summed E-state index contributed by atoms with van der Waals surface area (Å²) in [5.74, 6) is 0.879. The molecule has 0 aromatic carbocycles. The van der Waals surface area contributed by atoms with Crippen molar-refractivity contribution in [3.05, 3.63) is 24.3 Å². The fourth-order valence-electron chi connectivity index (χ4n) is 2.99. The van der Waals surface area contributed by atoms with E-state index in [1.54, 1.807) is 0 Å². The zero-order valence-electron chi connectivity index (χ0n) is 16.5. The van der Waals surface area contributed by atoms with Gasteiger partial charge in [-0.05, 0) is 44.9 Å². The third-order valence-electron chi connectivity index (χ3n) is 4.63. The van der Waals surface area contributed by atoms with Crippen LogP contribution in [0.5, 0.6) is 0 Å². The molecule has 0 aliphatic carbocycles. The fourth-order valence-corrected chi connectivity index (χ4v) is 3.92. The molecule has 0 radical (unpaired) electrons. The maximum atomic E-state index is 11.8. The van der Waals surface area contributed by atoms with E-state index in [0.29, 0.717) is 6.42 Å². The molecule has 1 aliphatic heterocycles. The molecule has 1 rings (SSSR count). The van der Waals surface area contributed by atoms with E-state index in [1.807, 2.05) is 0 Å². The number of allylic oxidation sites excluding steroid dienone is 4. The van der Waals surface area contributed by atoms with E-state index in [1.165, 1.54) is 56.7 Å². The first-order valence-electron chi connectivity index (χ1n) is 10.5. The molecule has 4 heteroatoms. The van der Waals surface area contributed by atoms with Gasteiger partial charge in [0.1, 0.15) is 0 Å². The van der Waals surface area contributed by atoms with Crippen molar-refractivity contribution in [1.82, 2.24) is 5.32 Å². The Morgan fingerprint density at radius 3 is 2.31 bits per heavy atom. The zero-order chi connectivity index (χ0) is 18.9. The lowest BCUT2D eigenvalue weighted by molar-refractivity contribution is -0.124. The van der Waals surface area contributed by atoms with Crippen LogP contribution in [0.2, 0.25) is 0 Å². The number of thioether (sulfide) groups is 1. The van der Waals surface area contributed by atoms with Gasteiger partial charge in [-0.1, -0.05) is 75.1 Å². The highest BCUT2D eigenvalue weighted by molar-refractivity contribution is 8.14. The molecule has 1 heterocycles. The smallest absolute Gasteiger partial charge is 0.220 e. The first-order valence-corrected chi connectivity index (χ1v) is 11.5. The normalized spacial score (nSPS) is 17.6. The molecule has 1 atom stereocenters. The Morgan fingerprint density at radius 1 is 1.00 bits per heavy atom. The van der Waals surface area contributed by atoms with Crippen LogP contribution in [0.25, 0.3) is 0 Å². The quantitative estimate of drug-likeness (QED) is 0.282. The maximum Gasteiger partial charge on any atom is 0.220 e. The summed E-state index contributed by atoms with van der Waals surface area (Å²) < 4.78 is 0. The van der Waals surface area contributed by atoms with Crippen LogP contribution in [0.3, 0.4) is 0 Å². The van der Waals surface area contributed by atoms with E-state index in [-0.39, 0.29) is 17.1 Å². The minimum Gasteiger partial charge on any atom is -0.345 e. The topological polar surface area (TPSA) is 46.2 Å². The van der Waals surface area contributed by atoms with E-state index >= 15 is 0 Å². The van der Waals surface area contributed by atoms with Gasteiger partial charge in [0.15, 0.2) is 0 Å². The molecule has 0 aromatic heterocycles. The van der Waals surface area contributed by atoms with Gasteiger partial charge in [0.05, 0.1) is 6.04 Å². The number of carbonyl (C=O) groups is 2. The lowest BCUT2D eigenvalue weighted by Gasteiger charge is -2.09. The number of rotatable bonds is 15. The van der Waals surface area contributed by atoms with Crippen molar-refractivity contribution in [2.75, 3.05) is 5.75 Å². The Hall–Kier alpha value is -1.03. The van der Waals surface area contributed by atoms with Gasteiger partial charge < -0.3 is 5.32 Å². The van der Waals surface area contributed by atoms with Crippen LogP contribution in [0.1, 0.15) is 90.4 Å². The number of unbranched alkanes of at least 4 members (excludes halogenated alkanes) is 8. The van der Waals surface area contributed by atoms with Gasteiger partial charge in [-0.15, -0.1) is 0 Å². The Labute approximate surface area is 164 Å². The van der Waals surface area contributed by atoms with Gasteiger partial charge in [0.25, 0.3) is 0 Å². The second-order valence-electron chi connectivity index (χ2n) is 7.06. The standard InChI is InChI=1S/C22H37NO2S/c1-2-3-4-5-6-7-8-9-10-11-12-13-14-15-16-17-21(24)23-20-18-19-26-22(20)25/h6-7,9-10,20H,2-5,8,11-19H2,1H3,(H,23,24)/b7-6-,10-9+/t20-/m1/s1. The number of nitrogens with one attached hydrogen (secondary N) is 1. The summed E-state index contributed by atoms with van der Waals surface area (Å²) in [5, 5.41) is 2.98. The monoisotopic (exact) mass is 379 g/mol. The van der Waals surface area contributed by atoms with Crippen LogP contribution < -0.4 is 5.32 Å². The van der Waals surface area contributed by atoms with Crippen molar-refractivity contribution in [2.45, 2.75) is 96.4 Å². The Morgan fingerprint density at radius 2 is 1.65 bits per heavy atom. The Bertz CT molecular complexity index is 445. The lowest BCUT2D eigenvalue weighted by Crippen LogP contribution is -2.36. The molecule has 0 bridgehead atoms. The van der Waals surface area contributed by atoms with Crippen LogP contribution in [0.4, 0.5) is 0 Å². The molecule has 0 unspecified atom stereocenters. The fraction of sp³-hybridized carbons (Fsp3) is 0.727. The average molecular weight is 380 g/mol. The van der Waals surface area contributed by atoms with E-state index in [2.05, 4.69) is 36.5 Å². The minimum absolute atomic E-state index is 0.0385. The van der Waals surface area contributed by atoms with E-state index in [0.717, 1.165) is 37.9 Å². The molecule has 0 spiro atoms. The van der Waals surface area contributed by atoms with Crippen molar-refractivity contribution in [3.8, 4) is 0 Å². The molecule has 0 saturated carbocycles. The Kier molecular flexibility index (Phi) is 14.3. The summed E-state index contributed by atoms with van der Waals surface area (Å²) in [6.45, 7) is 2.24. The van der Waals surface area contributed by atoms with Crippen molar-refractivity contribution in [3.63, 3.8) is 0 Å².